The van der Waals surface area contributed by atoms with Gasteiger partial charge >= 0.3 is 5.97 Å². The fraction of sp³-hybridized carbons (Fsp3) is 0.435. The lowest BCUT2D eigenvalue weighted by molar-refractivity contribution is -0.137. The zero-order chi connectivity index (χ0) is 23.7. The Morgan fingerprint density at radius 1 is 1.30 bits per heavy atom. The summed E-state index contributed by atoms with van der Waals surface area (Å²) >= 11 is 6.49. The molecule has 2 saturated heterocycles. The minimum Gasteiger partial charge on any atom is -0.481 e. The number of hydrogen-bond donors (Lipinski definition) is 1. The maximum absolute atomic E-state index is 13.5. The molecule has 2 aromatic rings. The van der Waals surface area contributed by atoms with Gasteiger partial charge in [0.25, 0.3) is 11.5 Å². The van der Waals surface area contributed by atoms with Gasteiger partial charge in [-0.3, -0.25) is 23.7 Å². The van der Waals surface area contributed by atoms with Crippen LogP contribution in [0.4, 0.5) is 5.82 Å². The number of carbonyl (C=O) groups is 2. The minimum atomic E-state index is -0.915. The number of aromatic nitrogens is 2. The lowest BCUT2D eigenvalue weighted by Crippen LogP contribution is -2.36. The van der Waals surface area contributed by atoms with Crippen LogP contribution in [-0.2, 0) is 9.59 Å². The Morgan fingerprint density at radius 2 is 2.03 bits per heavy atom. The molecule has 174 valence electrons. The number of carboxylic acid groups (broad SMARTS) is 1. The number of carbonyl (C=O) groups excluding carboxylic acids is 1. The van der Waals surface area contributed by atoms with Crippen LogP contribution in [0.3, 0.4) is 0 Å². The second-order valence-corrected chi connectivity index (χ2v) is 10.3. The molecule has 2 aliphatic heterocycles. The van der Waals surface area contributed by atoms with Crippen molar-refractivity contribution in [2.24, 2.45) is 5.92 Å². The monoisotopic (exact) mass is 486 g/mol. The van der Waals surface area contributed by atoms with Crippen LogP contribution in [0.25, 0.3) is 11.7 Å². The first-order valence-corrected chi connectivity index (χ1v) is 12.2. The number of amides is 1. The van der Waals surface area contributed by atoms with Crippen molar-refractivity contribution in [3.63, 3.8) is 0 Å². The summed E-state index contributed by atoms with van der Waals surface area (Å²) in [5.74, 6) is -0.00720. The van der Waals surface area contributed by atoms with Crippen LogP contribution in [0.2, 0.25) is 0 Å². The summed E-state index contributed by atoms with van der Waals surface area (Å²) in [6.45, 7) is 5.96. The molecule has 0 unspecified atom stereocenters. The van der Waals surface area contributed by atoms with E-state index >= 15 is 0 Å². The first-order chi connectivity index (χ1) is 15.7. The van der Waals surface area contributed by atoms with E-state index in [0.717, 1.165) is 43.3 Å². The molecule has 0 spiro atoms. The number of hydrogen-bond acceptors (Lipinski definition) is 7. The summed E-state index contributed by atoms with van der Waals surface area (Å²) in [4.78, 5) is 46.1. The molecule has 8 nitrogen and oxygen atoms in total. The van der Waals surface area contributed by atoms with Crippen LogP contribution in [0, 0.1) is 12.8 Å². The number of carboxylic acids is 1. The zero-order valence-electron chi connectivity index (χ0n) is 18.6. The lowest BCUT2D eigenvalue weighted by atomic mass is 9.99. The molecule has 0 aliphatic carbocycles. The molecule has 10 heteroatoms. The summed E-state index contributed by atoms with van der Waals surface area (Å²) in [7, 11) is 0. The van der Waals surface area contributed by atoms with Crippen LogP contribution >= 0.6 is 24.0 Å². The fourth-order valence-electron chi connectivity index (χ4n) is 4.05. The Bertz CT molecular complexity index is 1210. The van der Waals surface area contributed by atoms with Crippen molar-refractivity contribution in [3.05, 3.63) is 44.7 Å². The number of fused-ring (bicyclic) bond motifs is 1. The first-order valence-electron chi connectivity index (χ1n) is 11.0. The van der Waals surface area contributed by atoms with Crippen molar-refractivity contribution in [2.45, 2.75) is 39.5 Å². The van der Waals surface area contributed by atoms with Crippen LogP contribution in [0.1, 0.15) is 43.7 Å². The average molecular weight is 487 g/mol. The quantitative estimate of drug-likeness (QED) is 0.491. The van der Waals surface area contributed by atoms with Gasteiger partial charge in [0.1, 0.15) is 15.8 Å². The number of aryl methyl sites for hydroxylation is 1. The van der Waals surface area contributed by atoms with Crippen molar-refractivity contribution in [1.82, 2.24) is 14.3 Å². The summed E-state index contributed by atoms with van der Waals surface area (Å²) in [5, 5.41) is 8.87. The standard InChI is InChI=1S/C23H26N4O4S2/c1-14-7-10-25(11-8-14)20-16(21(30)27-13-15(2)5-6-18(27)24-20)12-17-22(31)26(23(32)33-17)9-3-4-19(28)29/h5-6,12-14H,3-4,7-11H2,1-2H3,(H,28,29). The number of anilines is 1. The van der Waals surface area contributed by atoms with Crippen molar-refractivity contribution in [1.29, 1.82) is 0 Å². The Labute approximate surface area is 201 Å². The van der Waals surface area contributed by atoms with Crippen molar-refractivity contribution in [3.8, 4) is 0 Å². The molecule has 1 amide bonds. The summed E-state index contributed by atoms with van der Waals surface area (Å²) < 4.78 is 1.89. The number of rotatable bonds is 6. The van der Waals surface area contributed by atoms with E-state index in [2.05, 4.69) is 11.8 Å². The molecule has 2 fully saturated rings. The third kappa shape index (κ3) is 4.96. The fourth-order valence-corrected chi connectivity index (χ4v) is 5.34. The van der Waals surface area contributed by atoms with Gasteiger partial charge in [0.05, 0.1) is 10.5 Å². The average Bonchev–Trinajstić information content (AvgIpc) is 3.04. The van der Waals surface area contributed by atoms with Gasteiger partial charge in [0.2, 0.25) is 0 Å². The second kappa shape index (κ2) is 9.64. The van der Waals surface area contributed by atoms with Crippen molar-refractivity contribution in [2.75, 3.05) is 24.5 Å². The highest BCUT2D eigenvalue weighted by Crippen LogP contribution is 2.34. The normalized spacial score (nSPS) is 18.7. The zero-order valence-corrected chi connectivity index (χ0v) is 20.2. The number of thioether (sulfide) groups is 1. The summed E-state index contributed by atoms with van der Waals surface area (Å²) in [6, 6.07) is 3.75. The van der Waals surface area contributed by atoms with Crippen molar-refractivity contribution < 1.29 is 14.7 Å². The van der Waals surface area contributed by atoms with E-state index < -0.39 is 5.97 Å². The number of pyridine rings is 1. The molecule has 0 atom stereocenters. The van der Waals surface area contributed by atoms with Gasteiger partial charge < -0.3 is 10.0 Å². The Morgan fingerprint density at radius 3 is 2.73 bits per heavy atom. The molecule has 4 rings (SSSR count). The third-order valence-corrected chi connectivity index (χ3v) is 7.37. The van der Waals surface area contributed by atoms with Gasteiger partial charge in [-0.1, -0.05) is 37.0 Å². The van der Waals surface area contributed by atoms with E-state index in [1.165, 1.54) is 9.30 Å². The second-order valence-electron chi connectivity index (χ2n) is 8.59. The molecule has 0 bridgehead atoms. The topological polar surface area (TPSA) is 95.2 Å². The number of thiocarbonyl (C=S) groups is 1. The van der Waals surface area contributed by atoms with Gasteiger partial charge in [0.15, 0.2) is 0 Å². The number of nitrogens with zero attached hydrogens (tertiary/aromatic N) is 4. The van der Waals surface area contributed by atoms with Gasteiger partial charge in [-0.2, -0.15) is 0 Å². The van der Waals surface area contributed by atoms with E-state index in [-0.39, 0.29) is 24.4 Å². The highest BCUT2D eigenvalue weighted by molar-refractivity contribution is 8.26. The van der Waals surface area contributed by atoms with Gasteiger partial charge in [-0.05, 0) is 49.8 Å². The molecule has 2 aliphatic rings. The van der Waals surface area contributed by atoms with Crippen molar-refractivity contribution >= 4 is 57.7 Å². The Balaban J connectivity index is 1.75. The highest BCUT2D eigenvalue weighted by atomic mass is 32.2. The van der Waals surface area contributed by atoms with E-state index in [1.807, 2.05) is 19.1 Å². The van der Waals surface area contributed by atoms with Crippen LogP contribution in [0.15, 0.2) is 28.0 Å². The van der Waals surface area contributed by atoms with Gasteiger partial charge in [-0.25, -0.2) is 4.98 Å². The Kier molecular flexibility index (Phi) is 6.85. The van der Waals surface area contributed by atoms with E-state index in [1.54, 1.807) is 12.3 Å². The first kappa shape index (κ1) is 23.4. The predicted molar refractivity (Wildman–Crippen MR) is 134 cm³/mol. The Hall–Kier alpha value is -2.72. The SMILES string of the molecule is Cc1ccc2nc(N3CCC(C)CC3)c(C=C3SC(=S)N(CCCC(=O)O)C3=O)c(=O)n2c1. The predicted octanol–water partition coefficient (Wildman–Crippen LogP) is 3.31. The van der Waals surface area contributed by atoms with E-state index in [9.17, 15) is 14.4 Å². The highest BCUT2D eigenvalue weighted by Gasteiger charge is 2.33. The van der Waals surface area contributed by atoms with Gasteiger partial charge in [-0.15, -0.1) is 0 Å². The molecule has 0 radical (unpaired) electrons. The van der Waals surface area contributed by atoms with E-state index in [0.29, 0.717) is 38.6 Å². The molecule has 4 heterocycles. The summed E-state index contributed by atoms with van der Waals surface area (Å²) in [6.07, 6.45) is 5.66. The summed E-state index contributed by atoms with van der Waals surface area (Å²) in [5.41, 5.74) is 1.64. The molecule has 0 aromatic carbocycles. The van der Waals surface area contributed by atoms with Gasteiger partial charge in [0, 0.05) is 32.3 Å². The lowest BCUT2D eigenvalue weighted by Gasteiger charge is -2.32. The van der Waals surface area contributed by atoms with Crippen LogP contribution < -0.4 is 10.5 Å². The van der Waals surface area contributed by atoms with Crippen LogP contribution in [-0.4, -0.2) is 55.2 Å². The van der Waals surface area contributed by atoms with E-state index in [4.69, 9.17) is 22.3 Å². The third-order valence-electron chi connectivity index (χ3n) is 5.99. The molecular weight excluding hydrogens is 460 g/mol. The van der Waals surface area contributed by atoms with Crippen LogP contribution in [0.5, 0.6) is 0 Å². The maximum atomic E-state index is 13.5. The molecule has 1 N–H and O–H groups in total. The maximum Gasteiger partial charge on any atom is 0.303 e. The number of aliphatic carboxylic acids is 1. The smallest absolute Gasteiger partial charge is 0.303 e. The molecule has 0 saturated carbocycles. The number of piperidine rings is 1. The molecule has 2 aromatic heterocycles. The molecular formula is C23H26N4O4S2. The largest absolute Gasteiger partial charge is 0.481 e. The minimum absolute atomic E-state index is 0.0388. The molecule has 33 heavy (non-hydrogen) atoms.